The molecule has 1 aromatic rings. The van der Waals surface area contributed by atoms with Crippen LogP contribution in [0.5, 0.6) is 0 Å². The number of hydrogen-bond donors (Lipinski definition) is 1. The monoisotopic (exact) mass is 192 g/mol. The minimum absolute atomic E-state index is 0.0612. The normalized spacial score (nSPS) is 14.2. The van der Waals surface area contributed by atoms with Crippen LogP contribution in [0.2, 0.25) is 0 Å². The molecule has 1 heterocycles. The number of carbonyl (C=O) groups is 1. The van der Waals surface area contributed by atoms with Crippen molar-refractivity contribution in [3.63, 3.8) is 0 Å². The molecular weight excluding hydrogens is 180 g/mol. The van der Waals surface area contributed by atoms with Gasteiger partial charge in [-0.15, -0.1) is 0 Å². The van der Waals surface area contributed by atoms with Gasteiger partial charge in [-0.1, -0.05) is 18.2 Å². The third-order valence-electron chi connectivity index (χ3n) is 2.40. The lowest BCUT2D eigenvalue weighted by Crippen LogP contribution is -2.33. The summed E-state index contributed by atoms with van der Waals surface area (Å²) >= 11 is 0. The van der Waals surface area contributed by atoms with E-state index in [1.165, 1.54) is 5.56 Å². The molecule has 74 valence electrons. The Kier molecular flexibility index (Phi) is 2.47. The number of rotatable bonds is 2. The zero-order chi connectivity index (χ0) is 9.97. The molecule has 0 bridgehead atoms. The summed E-state index contributed by atoms with van der Waals surface area (Å²) < 4.78 is 0. The Bertz CT molecular complexity index is 352. The SMILES string of the molecule is NOCC(=O)N1CCc2ccccc21. The number of nitrogens with two attached hydrogens (primary N) is 1. The first-order valence-electron chi connectivity index (χ1n) is 4.53. The maximum atomic E-state index is 11.5. The van der Waals surface area contributed by atoms with Crippen molar-refractivity contribution in [2.45, 2.75) is 6.42 Å². The van der Waals surface area contributed by atoms with Gasteiger partial charge in [-0.05, 0) is 18.1 Å². The van der Waals surface area contributed by atoms with Gasteiger partial charge in [-0.25, -0.2) is 5.90 Å². The molecule has 1 aromatic carbocycles. The summed E-state index contributed by atoms with van der Waals surface area (Å²) in [6, 6.07) is 7.88. The molecule has 0 saturated heterocycles. The van der Waals surface area contributed by atoms with Crippen LogP contribution >= 0.6 is 0 Å². The highest BCUT2D eigenvalue weighted by atomic mass is 16.6. The summed E-state index contributed by atoms with van der Waals surface area (Å²) in [5.74, 6) is 4.78. The summed E-state index contributed by atoms with van der Waals surface area (Å²) in [6.07, 6.45) is 0.909. The topological polar surface area (TPSA) is 55.6 Å². The molecule has 1 aliphatic heterocycles. The van der Waals surface area contributed by atoms with Crippen LogP contribution in [0.1, 0.15) is 5.56 Å². The van der Waals surface area contributed by atoms with Crippen LogP contribution in [0.4, 0.5) is 5.69 Å². The van der Waals surface area contributed by atoms with Gasteiger partial charge in [-0.3, -0.25) is 9.63 Å². The van der Waals surface area contributed by atoms with Gasteiger partial charge < -0.3 is 4.90 Å². The van der Waals surface area contributed by atoms with Gasteiger partial charge in [0, 0.05) is 12.2 Å². The van der Waals surface area contributed by atoms with Crippen LogP contribution in [0.25, 0.3) is 0 Å². The van der Waals surface area contributed by atoms with E-state index in [4.69, 9.17) is 5.90 Å². The van der Waals surface area contributed by atoms with Crippen LogP contribution in [0.15, 0.2) is 24.3 Å². The zero-order valence-corrected chi connectivity index (χ0v) is 7.77. The number of fused-ring (bicyclic) bond motifs is 1. The summed E-state index contributed by atoms with van der Waals surface area (Å²) in [6.45, 7) is 0.663. The molecule has 14 heavy (non-hydrogen) atoms. The van der Waals surface area contributed by atoms with Crippen molar-refractivity contribution in [3.05, 3.63) is 29.8 Å². The van der Waals surface area contributed by atoms with E-state index >= 15 is 0 Å². The molecule has 2 rings (SSSR count). The lowest BCUT2D eigenvalue weighted by Gasteiger charge is -2.16. The number of hydrogen-bond acceptors (Lipinski definition) is 3. The summed E-state index contributed by atoms with van der Waals surface area (Å²) in [4.78, 5) is 17.6. The first-order chi connectivity index (χ1) is 6.83. The second-order valence-corrected chi connectivity index (χ2v) is 3.24. The van der Waals surface area contributed by atoms with Crippen LogP contribution in [0, 0.1) is 0 Å². The van der Waals surface area contributed by atoms with Crippen LogP contribution < -0.4 is 10.8 Å². The molecule has 0 aliphatic carbocycles. The standard InChI is InChI=1S/C10H12N2O2/c11-14-7-10(13)12-6-5-8-3-1-2-4-9(8)12/h1-4H,5-7,11H2. The van der Waals surface area contributed by atoms with Gasteiger partial charge in [-0.2, -0.15) is 0 Å². The van der Waals surface area contributed by atoms with Crippen molar-refractivity contribution in [3.8, 4) is 0 Å². The van der Waals surface area contributed by atoms with Crippen molar-refractivity contribution < 1.29 is 9.63 Å². The molecule has 2 N–H and O–H groups in total. The van der Waals surface area contributed by atoms with E-state index in [2.05, 4.69) is 4.84 Å². The molecule has 4 nitrogen and oxygen atoms in total. The van der Waals surface area contributed by atoms with E-state index < -0.39 is 0 Å². The average Bonchev–Trinajstić information content (AvgIpc) is 2.61. The maximum Gasteiger partial charge on any atom is 0.255 e. The summed E-state index contributed by atoms with van der Waals surface area (Å²) in [5, 5.41) is 0. The van der Waals surface area contributed by atoms with Crippen molar-refractivity contribution in [1.29, 1.82) is 0 Å². The molecule has 0 saturated carbocycles. The van der Waals surface area contributed by atoms with Crippen LogP contribution in [-0.4, -0.2) is 19.1 Å². The fraction of sp³-hybridized carbons (Fsp3) is 0.300. The third-order valence-corrected chi connectivity index (χ3v) is 2.40. The Hall–Kier alpha value is -1.39. The predicted molar refractivity (Wildman–Crippen MR) is 52.6 cm³/mol. The van der Waals surface area contributed by atoms with Crippen molar-refractivity contribution in [2.24, 2.45) is 5.90 Å². The molecule has 1 aliphatic rings. The van der Waals surface area contributed by atoms with Crippen molar-refractivity contribution >= 4 is 11.6 Å². The molecular formula is C10H12N2O2. The van der Waals surface area contributed by atoms with Gasteiger partial charge >= 0.3 is 0 Å². The maximum absolute atomic E-state index is 11.5. The Morgan fingerprint density at radius 2 is 2.29 bits per heavy atom. The first kappa shape index (κ1) is 9.18. The number of carbonyl (C=O) groups excluding carboxylic acids is 1. The van der Waals surface area contributed by atoms with Crippen LogP contribution in [-0.2, 0) is 16.1 Å². The van der Waals surface area contributed by atoms with Gasteiger partial charge in [0.25, 0.3) is 5.91 Å². The smallest absolute Gasteiger partial charge is 0.255 e. The lowest BCUT2D eigenvalue weighted by atomic mass is 10.2. The van der Waals surface area contributed by atoms with E-state index in [-0.39, 0.29) is 12.5 Å². The van der Waals surface area contributed by atoms with E-state index in [0.29, 0.717) is 0 Å². The zero-order valence-electron chi connectivity index (χ0n) is 7.77. The Morgan fingerprint density at radius 1 is 1.50 bits per heavy atom. The average molecular weight is 192 g/mol. The summed E-state index contributed by atoms with van der Waals surface area (Å²) in [5.41, 5.74) is 2.19. The molecule has 0 spiro atoms. The number of benzene rings is 1. The minimum Gasteiger partial charge on any atom is -0.310 e. The van der Waals surface area contributed by atoms with Gasteiger partial charge in [0.15, 0.2) is 0 Å². The highest BCUT2D eigenvalue weighted by Crippen LogP contribution is 2.27. The summed E-state index contributed by atoms with van der Waals surface area (Å²) in [7, 11) is 0. The third kappa shape index (κ3) is 1.49. The number of nitrogens with zero attached hydrogens (tertiary/aromatic N) is 1. The molecule has 4 heteroatoms. The van der Waals surface area contributed by atoms with E-state index in [1.807, 2.05) is 24.3 Å². The second-order valence-electron chi connectivity index (χ2n) is 3.24. The molecule has 0 fully saturated rings. The van der Waals surface area contributed by atoms with Gasteiger partial charge in [0.2, 0.25) is 0 Å². The molecule has 0 radical (unpaired) electrons. The van der Waals surface area contributed by atoms with Crippen LogP contribution in [0.3, 0.4) is 0 Å². The van der Waals surface area contributed by atoms with Crippen molar-refractivity contribution in [1.82, 2.24) is 0 Å². The molecule has 1 amide bonds. The Labute approximate surface area is 82.2 Å². The number of anilines is 1. The molecule has 0 aromatic heterocycles. The number of para-hydroxylation sites is 1. The predicted octanol–water partition coefficient (Wildman–Crippen LogP) is 0.466. The highest BCUT2D eigenvalue weighted by Gasteiger charge is 2.23. The highest BCUT2D eigenvalue weighted by molar-refractivity contribution is 5.96. The van der Waals surface area contributed by atoms with E-state index in [9.17, 15) is 4.79 Å². The number of amides is 1. The van der Waals surface area contributed by atoms with E-state index in [1.54, 1.807) is 4.90 Å². The Morgan fingerprint density at radius 3 is 3.07 bits per heavy atom. The fourth-order valence-corrected chi connectivity index (χ4v) is 1.75. The fourth-order valence-electron chi connectivity index (χ4n) is 1.75. The minimum atomic E-state index is -0.0857. The molecule has 0 atom stereocenters. The van der Waals surface area contributed by atoms with Gasteiger partial charge in [0.1, 0.15) is 6.61 Å². The van der Waals surface area contributed by atoms with Crippen molar-refractivity contribution in [2.75, 3.05) is 18.1 Å². The first-order valence-corrected chi connectivity index (χ1v) is 4.53. The second kappa shape index (κ2) is 3.77. The van der Waals surface area contributed by atoms with E-state index in [0.717, 1.165) is 18.7 Å². The largest absolute Gasteiger partial charge is 0.310 e. The lowest BCUT2D eigenvalue weighted by molar-refractivity contribution is -0.123. The quantitative estimate of drug-likeness (QED) is 0.693. The van der Waals surface area contributed by atoms with Gasteiger partial charge in [0.05, 0.1) is 0 Å². The Balaban J connectivity index is 2.21. The molecule has 0 unspecified atom stereocenters.